The molecule has 0 fully saturated rings. The number of amides is 1. The molecule has 4 aromatic rings. The van der Waals surface area contributed by atoms with Crippen LogP contribution in [-0.4, -0.2) is 20.4 Å². The molecule has 2 aromatic heterocycles. The molecule has 1 unspecified atom stereocenters. The smallest absolute Gasteiger partial charge is 0.253 e. The molecule has 0 aliphatic carbocycles. The molecule has 0 aliphatic rings. The molecule has 0 aliphatic heterocycles. The van der Waals surface area contributed by atoms with Crippen LogP contribution in [-0.2, 0) is 6.54 Å². The highest BCUT2D eigenvalue weighted by Gasteiger charge is 2.19. The fourth-order valence-electron chi connectivity index (χ4n) is 3.23. The van der Waals surface area contributed by atoms with Gasteiger partial charge in [0.2, 0.25) is 0 Å². The second-order valence-corrected chi connectivity index (χ2v) is 6.98. The lowest BCUT2D eigenvalue weighted by Crippen LogP contribution is -2.29. The number of hydrogen-bond acceptors (Lipinski definition) is 3. The van der Waals surface area contributed by atoms with Crippen LogP contribution in [0.3, 0.4) is 0 Å². The van der Waals surface area contributed by atoms with Crippen molar-refractivity contribution < 1.29 is 4.79 Å². The van der Waals surface area contributed by atoms with Gasteiger partial charge in [-0.1, -0.05) is 41.9 Å². The zero-order valence-electron chi connectivity index (χ0n) is 15.3. The second-order valence-electron chi connectivity index (χ2n) is 6.57. The average molecular weight is 391 g/mol. The summed E-state index contributed by atoms with van der Waals surface area (Å²) in [6.45, 7) is 2.50. The van der Waals surface area contributed by atoms with Gasteiger partial charge in [-0.3, -0.25) is 9.78 Å². The third kappa shape index (κ3) is 3.62. The highest BCUT2D eigenvalue weighted by atomic mass is 35.5. The number of halogens is 1. The van der Waals surface area contributed by atoms with E-state index in [2.05, 4.69) is 14.9 Å². The van der Waals surface area contributed by atoms with E-state index in [1.165, 1.54) is 0 Å². The summed E-state index contributed by atoms with van der Waals surface area (Å²) in [5.41, 5.74) is 3.40. The van der Waals surface area contributed by atoms with E-state index in [1.54, 1.807) is 24.5 Å². The van der Waals surface area contributed by atoms with E-state index in [1.807, 2.05) is 55.5 Å². The summed E-state index contributed by atoms with van der Waals surface area (Å²) >= 11 is 6.38. The first-order valence-corrected chi connectivity index (χ1v) is 9.41. The Morgan fingerprint density at radius 2 is 1.89 bits per heavy atom. The molecule has 2 aromatic carbocycles. The number of nitrogens with zero attached hydrogens (tertiary/aromatic N) is 3. The third-order valence-corrected chi connectivity index (χ3v) is 5.00. The van der Waals surface area contributed by atoms with Crippen LogP contribution in [0.2, 0.25) is 5.02 Å². The predicted octanol–water partition coefficient (Wildman–Crippen LogP) is 4.62. The topological polar surface area (TPSA) is 59.8 Å². The summed E-state index contributed by atoms with van der Waals surface area (Å²) in [7, 11) is 0. The Labute approximate surface area is 168 Å². The van der Waals surface area contributed by atoms with Crippen molar-refractivity contribution in [2.45, 2.75) is 19.5 Å². The van der Waals surface area contributed by atoms with E-state index in [0.717, 1.165) is 22.4 Å². The van der Waals surface area contributed by atoms with Gasteiger partial charge in [0.05, 0.1) is 29.2 Å². The van der Waals surface area contributed by atoms with Crippen molar-refractivity contribution in [3.8, 4) is 0 Å². The molecule has 6 heteroatoms. The van der Waals surface area contributed by atoms with Crippen molar-refractivity contribution in [3.05, 3.63) is 95.0 Å². The van der Waals surface area contributed by atoms with Gasteiger partial charge in [-0.15, -0.1) is 0 Å². The number of imidazole rings is 1. The zero-order valence-corrected chi connectivity index (χ0v) is 16.1. The van der Waals surface area contributed by atoms with Crippen LogP contribution >= 0.6 is 11.6 Å². The lowest BCUT2D eigenvalue weighted by atomic mass is 10.2. The first kappa shape index (κ1) is 18.2. The number of fused-ring (bicyclic) bond motifs is 1. The summed E-state index contributed by atoms with van der Waals surface area (Å²) < 4.78 is 2.10. The van der Waals surface area contributed by atoms with Gasteiger partial charge in [-0.2, -0.15) is 0 Å². The summed E-state index contributed by atoms with van der Waals surface area (Å²) in [4.78, 5) is 21.3. The fourth-order valence-corrected chi connectivity index (χ4v) is 3.42. The molecular weight excluding hydrogens is 372 g/mol. The van der Waals surface area contributed by atoms with Crippen LogP contribution in [0.15, 0.2) is 73.1 Å². The van der Waals surface area contributed by atoms with E-state index in [-0.39, 0.29) is 11.9 Å². The Bertz CT molecular complexity index is 1120. The molecule has 0 radical (unpaired) electrons. The van der Waals surface area contributed by atoms with Crippen LogP contribution in [0.25, 0.3) is 11.0 Å². The third-order valence-electron chi connectivity index (χ3n) is 4.63. The number of hydrogen-bond donors (Lipinski definition) is 1. The van der Waals surface area contributed by atoms with Gasteiger partial charge < -0.3 is 9.88 Å². The molecule has 2 heterocycles. The summed E-state index contributed by atoms with van der Waals surface area (Å²) in [5, 5.41) is 3.73. The van der Waals surface area contributed by atoms with Gasteiger partial charge in [0, 0.05) is 17.4 Å². The van der Waals surface area contributed by atoms with Crippen molar-refractivity contribution in [2.75, 3.05) is 0 Å². The monoisotopic (exact) mass is 390 g/mol. The molecule has 1 amide bonds. The first-order chi connectivity index (χ1) is 13.6. The van der Waals surface area contributed by atoms with Crippen molar-refractivity contribution >= 4 is 28.5 Å². The number of nitrogens with one attached hydrogen (secondary N) is 1. The number of carbonyl (C=O) groups excluding carboxylic acids is 1. The van der Waals surface area contributed by atoms with Crippen molar-refractivity contribution in [1.29, 1.82) is 0 Å². The zero-order chi connectivity index (χ0) is 19.5. The predicted molar refractivity (Wildman–Crippen MR) is 110 cm³/mol. The van der Waals surface area contributed by atoms with E-state index in [9.17, 15) is 4.79 Å². The van der Waals surface area contributed by atoms with E-state index >= 15 is 0 Å². The van der Waals surface area contributed by atoms with Gasteiger partial charge in [0.15, 0.2) is 0 Å². The van der Waals surface area contributed by atoms with Crippen LogP contribution in [0, 0.1) is 0 Å². The van der Waals surface area contributed by atoms with E-state index < -0.39 is 0 Å². The first-order valence-electron chi connectivity index (χ1n) is 9.03. The maximum absolute atomic E-state index is 12.6. The standard InChI is InChI=1S/C22H19ClN4O/c1-15(25-22(28)16-8-6-12-24-13-16)21-26-19-10-4-5-11-20(19)27(21)14-17-7-2-3-9-18(17)23/h2-13,15H,14H2,1H3,(H,25,28). The number of pyridine rings is 1. The molecule has 0 spiro atoms. The minimum Gasteiger partial charge on any atom is -0.342 e. The molecule has 1 N–H and O–H groups in total. The fraction of sp³-hybridized carbons (Fsp3) is 0.136. The summed E-state index contributed by atoms with van der Waals surface area (Å²) in [6.07, 6.45) is 3.19. The number of para-hydroxylation sites is 2. The molecule has 0 saturated carbocycles. The van der Waals surface area contributed by atoms with Crippen molar-refractivity contribution in [3.63, 3.8) is 0 Å². The molecule has 4 rings (SSSR count). The lowest BCUT2D eigenvalue weighted by Gasteiger charge is -2.17. The maximum Gasteiger partial charge on any atom is 0.253 e. The van der Waals surface area contributed by atoms with Crippen LogP contribution in [0.5, 0.6) is 0 Å². The Morgan fingerprint density at radius 1 is 1.11 bits per heavy atom. The highest BCUT2D eigenvalue weighted by molar-refractivity contribution is 6.31. The SMILES string of the molecule is CC(NC(=O)c1cccnc1)c1nc2ccccc2n1Cc1ccccc1Cl. The Morgan fingerprint density at radius 3 is 2.68 bits per heavy atom. The van der Waals surface area contributed by atoms with Gasteiger partial charge >= 0.3 is 0 Å². The molecular formula is C22H19ClN4O. The molecule has 140 valence electrons. The summed E-state index contributed by atoms with van der Waals surface area (Å²) in [6, 6.07) is 18.9. The normalized spacial score (nSPS) is 12.1. The minimum absolute atomic E-state index is 0.183. The molecule has 0 bridgehead atoms. The Kier molecular flexibility index (Phi) is 5.08. The lowest BCUT2D eigenvalue weighted by molar-refractivity contribution is 0.0937. The van der Waals surface area contributed by atoms with Crippen molar-refractivity contribution in [2.24, 2.45) is 0 Å². The van der Waals surface area contributed by atoms with Crippen LogP contribution in [0.4, 0.5) is 0 Å². The minimum atomic E-state index is -0.289. The maximum atomic E-state index is 12.6. The van der Waals surface area contributed by atoms with Crippen LogP contribution in [0.1, 0.15) is 34.7 Å². The van der Waals surface area contributed by atoms with Gasteiger partial charge in [-0.05, 0) is 42.8 Å². The quantitative estimate of drug-likeness (QED) is 0.540. The van der Waals surface area contributed by atoms with Gasteiger partial charge in [-0.25, -0.2) is 4.98 Å². The van der Waals surface area contributed by atoms with Gasteiger partial charge in [0.25, 0.3) is 5.91 Å². The van der Waals surface area contributed by atoms with Crippen LogP contribution < -0.4 is 5.32 Å². The highest BCUT2D eigenvalue weighted by Crippen LogP contribution is 2.25. The number of benzene rings is 2. The molecule has 1 atom stereocenters. The van der Waals surface area contributed by atoms with E-state index in [4.69, 9.17) is 16.6 Å². The summed E-state index contributed by atoms with van der Waals surface area (Å²) in [5.74, 6) is 0.593. The molecule has 28 heavy (non-hydrogen) atoms. The van der Waals surface area contributed by atoms with E-state index in [0.29, 0.717) is 17.1 Å². The van der Waals surface area contributed by atoms with Crippen molar-refractivity contribution in [1.82, 2.24) is 19.9 Å². The number of rotatable bonds is 5. The Hall–Kier alpha value is -3.18. The van der Waals surface area contributed by atoms with Gasteiger partial charge in [0.1, 0.15) is 5.82 Å². The largest absolute Gasteiger partial charge is 0.342 e. The number of aromatic nitrogens is 3. The molecule has 0 saturated heterocycles. The molecule has 5 nitrogen and oxygen atoms in total. The average Bonchev–Trinajstić information content (AvgIpc) is 3.09. The number of carbonyl (C=O) groups is 1. The second kappa shape index (κ2) is 7.82. The Balaban J connectivity index is 1.70.